The second-order valence-corrected chi connectivity index (χ2v) is 10.3. The van der Waals surface area contributed by atoms with Gasteiger partial charge in [-0.05, 0) is 48.4 Å². The van der Waals surface area contributed by atoms with E-state index < -0.39 is 10.0 Å². The first-order chi connectivity index (χ1) is 14.6. The highest BCUT2D eigenvalue weighted by Gasteiger charge is 2.31. The smallest absolute Gasteiger partial charge is 0.245 e. The molecular formula is C24H28ClN3O2S. The van der Waals surface area contributed by atoms with E-state index in [9.17, 15) is 8.42 Å². The van der Waals surface area contributed by atoms with Crippen LogP contribution < -0.4 is 0 Å². The summed E-state index contributed by atoms with van der Waals surface area (Å²) in [6, 6.07) is 17.8. The Labute approximate surface area is 190 Å². The quantitative estimate of drug-likeness (QED) is 0.591. The first-order valence-electron chi connectivity index (χ1n) is 10.7. The van der Waals surface area contributed by atoms with Crippen molar-refractivity contribution < 1.29 is 8.42 Å². The van der Waals surface area contributed by atoms with Crippen LogP contribution in [0.4, 0.5) is 0 Å². The van der Waals surface area contributed by atoms with Gasteiger partial charge in [0.25, 0.3) is 0 Å². The summed E-state index contributed by atoms with van der Waals surface area (Å²) in [5.41, 5.74) is 3.47. The monoisotopic (exact) mass is 457 g/mol. The van der Waals surface area contributed by atoms with Gasteiger partial charge >= 0.3 is 0 Å². The molecule has 0 saturated carbocycles. The molecule has 2 aliphatic heterocycles. The normalized spacial score (nSPS) is 18.5. The molecule has 164 valence electrons. The number of halogens is 1. The lowest BCUT2D eigenvalue weighted by molar-refractivity contribution is 0.171. The van der Waals surface area contributed by atoms with Crippen molar-refractivity contribution in [3.63, 3.8) is 0 Å². The van der Waals surface area contributed by atoms with Gasteiger partial charge in [-0.1, -0.05) is 42.5 Å². The molecule has 0 bridgehead atoms. The minimum absolute atomic E-state index is 0. The molecule has 0 amide bonds. The van der Waals surface area contributed by atoms with E-state index >= 15 is 0 Å². The Bertz CT molecular complexity index is 1150. The van der Waals surface area contributed by atoms with Gasteiger partial charge in [-0.2, -0.15) is 4.31 Å². The maximum Gasteiger partial charge on any atom is 0.245 e. The number of benzene rings is 2. The van der Waals surface area contributed by atoms with E-state index in [0.717, 1.165) is 44.3 Å². The van der Waals surface area contributed by atoms with Crippen LogP contribution in [0, 0.1) is 5.92 Å². The number of hydrogen-bond acceptors (Lipinski definition) is 4. The van der Waals surface area contributed by atoms with Crippen molar-refractivity contribution >= 4 is 33.3 Å². The maximum atomic E-state index is 13.3. The Balaban J connectivity index is 0.00000231. The van der Waals surface area contributed by atoms with E-state index in [1.807, 2.05) is 18.2 Å². The zero-order chi connectivity index (χ0) is 20.6. The summed E-state index contributed by atoms with van der Waals surface area (Å²) in [4.78, 5) is 7.20. The van der Waals surface area contributed by atoms with Crippen LogP contribution in [0.2, 0.25) is 0 Å². The maximum absolute atomic E-state index is 13.3. The van der Waals surface area contributed by atoms with Gasteiger partial charge in [0.2, 0.25) is 10.0 Å². The molecule has 31 heavy (non-hydrogen) atoms. The number of piperidine rings is 1. The van der Waals surface area contributed by atoms with Crippen molar-refractivity contribution in [2.75, 3.05) is 26.2 Å². The molecule has 0 radical (unpaired) electrons. The predicted molar refractivity (Wildman–Crippen MR) is 126 cm³/mol. The summed E-state index contributed by atoms with van der Waals surface area (Å²) < 4.78 is 28.3. The molecule has 1 saturated heterocycles. The average molecular weight is 458 g/mol. The number of nitrogens with zero attached hydrogens (tertiary/aromatic N) is 3. The number of fused-ring (bicyclic) bond motifs is 2. The summed E-state index contributed by atoms with van der Waals surface area (Å²) in [5, 5.41) is 0.860. The number of rotatable bonds is 4. The highest BCUT2D eigenvalue weighted by Crippen LogP contribution is 2.29. The van der Waals surface area contributed by atoms with Crippen LogP contribution in [0.1, 0.15) is 24.0 Å². The number of sulfonamides is 1. The topological polar surface area (TPSA) is 53.5 Å². The molecule has 0 N–H and O–H groups in total. The Kier molecular flexibility index (Phi) is 6.63. The Morgan fingerprint density at radius 3 is 2.45 bits per heavy atom. The second kappa shape index (κ2) is 9.25. The van der Waals surface area contributed by atoms with E-state index in [2.05, 4.69) is 34.1 Å². The Morgan fingerprint density at radius 2 is 1.65 bits per heavy atom. The lowest BCUT2D eigenvalue weighted by Crippen LogP contribution is -2.42. The van der Waals surface area contributed by atoms with E-state index in [-0.39, 0.29) is 12.4 Å². The molecule has 5 rings (SSSR count). The third-order valence-corrected chi connectivity index (χ3v) is 8.44. The van der Waals surface area contributed by atoms with E-state index in [0.29, 0.717) is 29.4 Å². The molecule has 0 unspecified atom stereocenters. The predicted octanol–water partition coefficient (Wildman–Crippen LogP) is 4.12. The van der Waals surface area contributed by atoms with Crippen LogP contribution in [0.5, 0.6) is 0 Å². The minimum atomic E-state index is -3.53. The van der Waals surface area contributed by atoms with Crippen LogP contribution in [-0.2, 0) is 23.0 Å². The molecule has 1 fully saturated rings. The highest BCUT2D eigenvalue weighted by molar-refractivity contribution is 7.89. The number of aromatic nitrogens is 1. The lowest BCUT2D eigenvalue weighted by Gasteiger charge is -2.36. The van der Waals surface area contributed by atoms with E-state index in [1.54, 1.807) is 22.6 Å². The van der Waals surface area contributed by atoms with E-state index in [4.69, 9.17) is 0 Å². The Hall–Kier alpha value is -1.99. The number of pyridine rings is 1. The van der Waals surface area contributed by atoms with Crippen molar-refractivity contribution in [2.24, 2.45) is 5.92 Å². The van der Waals surface area contributed by atoms with Crippen LogP contribution in [0.3, 0.4) is 0 Å². The van der Waals surface area contributed by atoms with Crippen molar-refractivity contribution in [3.05, 3.63) is 71.9 Å². The largest absolute Gasteiger partial charge is 0.298 e. The van der Waals surface area contributed by atoms with Crippen LogP contribution in [0.15, 0.2) is 65.7 Å². The number of hydrogen-bond donors (Lipinski definition) is 0. The Morgan fingerprint density at radius 1 is 0.903 bits per heavy atom. The summed E-state index contributed by atoms with van der Waals surface area (Å²) >= 11 is 0. The van der Waals surface area contributed by atoms with Crippen LogP contribution in [0.25, 0.3) is 10.9 Å². The fraction of sp³-hybridized carbons (Fsp3) is 0.375. The summed E-state index contributed by atoms with van der Waals surface area (Å²) in [7, 11) is -3.53. The lowest BCUT2D eigenvalue weighted by atomic mass is 9.94. The molecule has 0 atom stereocenters. The number of para-hydroxylation sites is 1. The van der Waals surface area contributed by atoms with Gasteiger partial charge in [-0.25, -0.2) is 8.42 Å². The standard InChI is InChI=1S/C24H27N3O2S.ClH/c28-30(29,23-9-3-7-21-8-4-13-25-24(21)23)27-15-10-19(11-16-27)17-26-14-12-20-5-1-2-6-22(20)18-26;/h1-9,13,19H,10-12,14-18H2;1H. The third kappa shape index (κ3) is 4.48. The van der Waals surface area contributed by atoms with Gasteiger partial charge in [0.05, 0.1) is 5.52 Å². The van der Waals surface area contributed by atoms with E-state index in [1.165, 1.54) is 11.1 Å². The van der Waals surface area contributed by atoms with Gasteiger partial charge < -0.3 is 0 Å². The molecule has 0 spiro atoms. The van der Waals surface area contributed by atoms with Gasteiger partial charge in [-0.15, -0.1) is 12.4 Å². The van der Waals surface area contributed by atoms with Crippen molar-refractivity contribution in [3.8, 4) is 0 Å². The summed E-state index contributed by atoms with van der Waals surface area (Å²) in [6.07, 6.45) is 4.59. The summed E-state index contributed by atoms with van der Waals surface area (Å²) in [6.45, 7) is 4.33. The molecule has 3 aromatic rings. The molecule has 2 aromatic carbocycles. The molecule has 0 aliphatic carbocycles. The SMILES string of the molecule is Cl.O=S(=O)(c1cccc2cccnc12)N1CCC(CN2CCc3ccccc3C2)CC1. The average Bonchev–Trinajstić information content (AvgIpc) is 2.79. The fourth-order valence-electron chi connectivity index (χ4n) is 4.83. The molecule has 1 aromatic heterocycles. The van der Waals surface area contributed by atoms with Crippen molar-refractivity contribution in [1.29, 1.82) is 0 Å². The molecular weight excluding hydrogens is 430 g/mol. The second-order valence-electron chi connectivity index (χ2n) is 8.43. The van der Waals surface area contributed by atoms with Crippen molar-refractivity contribution in [2.45, 2.75) is 30.7 Å². The third-order valence-electron chi connectivity index (χ3n) is 6.51. The van der Waals surface area contributed by atoms with Crippen molar-refractivity contribution in [1.82, 2.24) is 14.2 Å². The van der Waals surface area contributed by atoms with Gasteiger partial charge in [-0.3, -0.25) is 9.88 Å². The summed E-state index contributed by atoms with van der Waals surface area (Å²) in [5.74, 6) is 0.548. The van der Waals surface area contributed by atoms with Gasteiger partial charge in [0, 0.05) is 44.3 Å². The molecule has 2 aliphatic rings. The van der Waals surface area contributed by atoms with Crippen LogP contribution >= 0.6 is 12.4 Å². The van der Waals surface area contributed by atoms with Crippen LogP contribution in [-0.4, -0.2) is 48.8 Å². The first-order valence-corrected chi connectivity index (χ1v) is 12.2. The molecule has 7 heteroatoms. The van der Waals surface area contributed by atoms with Gasteiger partial charge in [0.15, 0.2) is 0 Å². The molecule has 5 nitrogen and oxygen atoms in total. The fourth-order valence-corrected chi connectivity index (χ4v) is 6.47. The molecule has 3 heterocycles. The van der Waals surface area contributed by atoms with Gasteiger partial charge in [0.1, 0.15) is 4.90 Å². The first kappa shape index (κ1) is 22.2. The highest BCUT2D eigenvalue weighted by atomic mass is 35.5. The minimum Gasteiger partial charge on any atom is -0.298 e. The zero-order valence-corrected chi connectivity index (χ0v) is 19.1. The zero-order valence-electron chi connectivity index (χ0n) is 17.5.